The number of phenols is 1. The third-order valence-electron chi connectivity index (χ3n) is 15.8. The maximum absolute atomic E-state index is 15.6. The second-order valence-corrected chi connectivity index (χ2v) is 23.6. The molecule has 2 bridgehead atoms. The molecule has 90 heavy (non-hydrogen) atoms. The number of ether oxygens (including phenoxy) is 4. The summed E-state index contributed by atoms with van der Waals surface area (Å²) in [6, 6.07) is -2.35. The summed E-state index contributed by atoms with van der Waals surface area (Å²) in [5, 5.41) is 41.8. The molecule has 0 aliphatic carbocycles. The van der Waals surface area contributed by atoms with Gasteiger partial charge < -0.3 is 91.9 Å². The van der Waals surface area contributed by atoms with E-state index in [0.717, 1.165) is 28.0 Å². The zero-order chi connectivity index (χ0) is 65.1. The number of aromatic hydroxyl groups is 1. The van der Waals surface area contributed by atoms with Gasteiger partial charge in [-0.2, -0.15) is 0 Å². The first-order valence-electron chi connectivity index (χ1n) is 29.0. The van der Waals surface area contributed by atoms with E-state index in [9.17, 15) is 67.5 Å². The lowest BCUT2D eigenvalue weighted by Gasteiger charge is -2.33. The Bertz CT molecular complexity index is 3300. The maximum Gasteiger partial charge on any atom is 0.253 e. The third kappa shape index (κ3) is 16.7. The van der Waals surface area contributed by atoms with Crippen LogP contribution in [0, 0.1) is 17.7 Å². The van der Waals surface area contributed by atoms with Crippen molar-refractivity contribution in [2.45, 2.75) is 113 Å². The monoisotopic (exact) mass is 1280 g/mol. The minimum atomic E-state index is -2.44. The second-order valence-electron chi connectivity index (χ2n) is 22.2. The maximum atomic E-state index is 15.6. The van der Waals surface area contributed by atoms with Crippen LogP contribution >= 0.6 is 0 Å². The Hall–Kier alpha value is -8.76. The molecule has 2 saturated heterocycles. The van der Waals surface area contributed by atoms with Gasteiger partial charge in [-0.25, -0.2) is 4.39 Å². The first-order chi connectivity index (χ1) is 42.9. The van der Waals surface area contributed by atoms with Crippen LogP contribution in [0.25, 0.3) is 10.9 Å². The smallest absolute Gasteiger partial charge is 0.253 e. The summed E-state index contributed by atoms with van der Waals surface area (Å²) < 4.78 is 53.8. The number of H-pyrrole nitrogens is 1. The van der Waals surface area contributed by atoms with Crippen LogP contribution in [0.3, 0.4) is 0 Å². The molecule has 5 aliphatic heterocycles. The summed E-state index contributed by atoms with van der Waals surface area (Å²) in [6.07, 6.45) is -3.21. The molecule has 0 radical (unpaired) electrons. The van der Waals surface area contributed by atoms with Crippen LogP contribution in [0.1, 0.15) is 63.9 Å². The Kier molecular flexibility index (Phi) is 22.5. The number of phenolic OH excluding ortho intramolecular Hbond substituents is 1. The average molecular weight is 1280 g/mol. The SMILES string of the molecule is CC[C@H](C)[C@@H]1NC(=O)CNC(=O)C2Cc3c([nH]c4cc(O)ccc34)[S@+]([O-])CC(NC(=O)CNC1=O)C(=O)NC(CC(N)=O)C(=O)N1CC(O)CC1C(=O)N[C@@H]([C@@H](C)[C@@H]1COC(c3ccc(OCCOCCNC(=O)CCN4C(=O)C=CC4=O)c(F)c3)O1)C(=O)N2. The lowest BCUT2D eigenvalue weighted by molar-refractivity contribution is -0.144. The highest BCUT2D eigenvalue weighted by Gasteiger charge is 2.47. The highest BCUT2D eigenvalue weighted by molar-refractivity contribution is 7.91. The fourth-order valence-corrected chi connectivity index (χ4v) is 12.1. The predicted octanol–water partition coefficient (Wildman–Crippen LogP) is -4.19. The molecule has 2 fully saturated rings. The van der Waals surface area contributed by atoms with E-state index in [0.29, 0.717) is 6.42 Å². The number of hydrogen-bond acceptors (Lipinski definition) is 19. The zero-order valence-corrected chi connectivity index (χ0v) is 50.0. The summed E-state index contributed by atoms with van der Waals surface area (Å²) in [6.45, 7) is 2.41. The third-order valence-corrected chi connectivity index (χ3v) is 17.2. The van der Waals surface area contributed by atoms with Crippen molar-refractivity contribution in [2.24, 2.45) is 17.6 Å². The first-order valence-corrected chi connectivity index (χ1v) is 30.3. The Balaban J connectivity index is 1.07. The summed E-state index contributed by atoms with van der Waals surface area (Å²) in [4.78, 5) is 168. The quantitative estimate of drug-likeness (QED) is 0.0346. The number of nitrogens with two attached hydrogens (primary N) is 1. The Labute approximate surface area is 516 Å². The van der Waals surface area contributed by atoms with Gasteiger partial charge in [-0.1, -0.05) is 33.3 Å². The van der Waals surface area contributed by atoms with Crippen molar-refractivity contribution in [2.75, 3.05) is 64.9 Å². The van der Waals surface area contributed by atoms with Crippen molar-refractivity contribution in [3.05, 3.63) is 65.5 Å². The number of primary amides is 1. The van der Waals surface area contributed by atoms with E-state index in [-0.39, 0.29) is 84.5 Å². The number of nitrogens with zero attached hydrogens (tertiary/aromatic N) is 2. The number of hydrogen-bond donors (Lipinski definition) is 12. The highest BCUT2D eigenvalue weighted by Crippen LogP contribution is 2.35. The number of benzene rings is 2. The Morgan fingerprint density at radius 1 is 0.856 bits per heavy atom. The number of carbonyl (C=O) groups is 12. The van der Waals surface area contributed by atoms with E-state index in [2.05, 4.69) is 47.5 Å². The lowest BCUT2D eigenvalue weighted by atomic mass is 9.93. The predicted molar refractivity (Wildman–Crippen MR) is 309 cm³/mol. The summed E-state index contributed by atoms with van der Waals surface area (Å²) in [5.41, 5.74) is 5.96. The van der Waals surface area contributed by atoms with Gasteiger partial charge in [0, 0.05) is 90.7 Å². The second kappa shape index (κ2) is 30.2. The van der Waals surface area contributed by atoms with Gasteiger partial charge in [0.2, 0.25) is 64.1 Å². The fourth-order valence-electron chi connectivity index (χ4n) is 10.7. The lowest BCUT2D eigenvalue weighted by Crippen LogP contribution is -2.62. The summed E-state index contributed by atoms with van der Waals surface area (Å²) in [5.74, 6) is -14.5. The largest absolute Gasteiger partial charge is 0.610 e. The van der Waals surface area contributed by atoms with Gasteiger partial charge in [0.25, 0.3) is 11.8 Å². The van der Waals surface area contributed by atoms with Gasteiger partial charge in [-0.3, -0.25) is 62.4 Å². The molecule has 6 unspecified atom stereocenters. The number of carbonyl (C=O) groups excluding carboxylic acids is 12. The molecule has 3 aromatic rings. The Morgan fingerprint density at radius 2 is 1.58 bits per heavy atom. The van der Waals surface area contributed by atoms with Crippen molar-refractivity contribution < 1.29 is 95.6 Å². The van der Waals surface area contributed by atoms with Gasteiger partial charge in [-0.05, 0) is 30.2 Å². The number of fused-ring (bicyclic) bond motifs is 5. The van der Waals surface area contributed by atoms with Gasteiger partial charge in [0.15, 0.2) is 23.9 Å². The van der Waals surface area contributed by atoms with Crippen LogP contribution in [0.2, 0.25) is 0 Å². The van der Waals surface area contributed by atoms with Crippen LogP contribution in [0.15, 0.2) is 53.6 Å². The molecule has 13 N–H and O–H groups in total. The standard InChI is InChI=1S/C57H71FN12O19S/c1-4-27(2)48-53(82)62-22-44(75)63-38-26-90(85)55-33(32-7-6-30(71)18-35(32)66-55)20-36(50(79)61-23-45(76)67-48)64-54(83)49(68-52(81)39-19-31(72)24-70(39)56(84)37(21-42(59)73)65-51(38)80)28(3)41-25-88-57(89-41)29-5-8-40(34(58)17-29)87-16-15-86-14-12-60-43(74)11-13-69-46(77)9-10-47(69)78/h5-10,17-18,27-28,31,36-39,41,48-49,57,66,71-72H,4,11-16,19-26H2,1-3H3,(H2,59,73)(H,60,74)(H,61,79)(H,62,82)(H,63,75)(H,64,83)(H,65,80)(H,67,76)(H,68,81)/t27-,28-,31?,36?,37?,38?,39?,41-,48-,49-,57?,90+/m0/s1. The van der Waals surface area contributed by atoms with E-state index >= 15 is 9.18 Å². The van der Waals surface area contributed by atoms with Crippen LogP contribution in [-0.2, 0) is 89.3 Å². The molecule has 486 valence electrons. The minimum absolute atomic E-state index is 0.00955. The van der Waals surface area contributed by atoms with Gasteiger partial charge in [0.1, 0.15) is 48.3 Å². The Morgan fingerprint density at radius 3 is 2.29 bits per heavy atom. The number of aromatic amines is 1. The van der Waals surface area contributed by atoms with Gasteiger partial charge >= 0.3 is 0 Å². The molecule has 0 spiro atoms. The molecule has 8 rings (SSSR count). The minimum Gasteiger partial charge on any atom is -0.610 e. The number of nitrogens with one attached hydrogen (secondary N) is 9. The van der Waals surface area contributed by atoms with Crippen LogP contribution in [0.4, 0.5) is 4.39 Å². The number of amides is 12. The zero-order valence-electron chi connectivity index (χ0n) is 49.2. The molecular formula is C57H71FN12O19S. The van der Waals surface area contributed by atoms with E-state index in [1.54, 1.807) is 13.8 Å². The molecule has 6 heterocycles. The molecule has 2 aromatic carbocycles. The molecule has 5 aliphatic rings. The normalized spacial score (nSPS) is 26.5. The number of aromatic nitrogens is 1. The molecule has 12 amide bonds. The number of imide groups is 1. The van der Waals surface area contributed by atoms with Crippen LogP contribution in [-0.4, -0.2) is 214 Å². The van der Waals surface area contributed by atoms with E-state index < -0.39 is 199 Å². The molecule has 0 saturated carbocycles. The van der Waals surface area contributed by atoms with E-state index in [1.807, 2.05) is 0 Å². The highest BCUT2D eigenvalue weighted by atomic mass is 32.2. The number of halogens is 1. The van der Waals surface area contributed by atoms with Crippen molar-refractivity contribution >= 4 is 93.0 Å². The topological polar surface area (TPSA) is 450 Å². The van der Waals surface area contributed by atoms with E-state index in [4.69, 9.17) is 24.7 Å². The molecular weight excluding hydrogens is 1210 g/mol. The summed E-state index contributed by atoms with van der Waals surface area (Å²) >= 11 is -2.44. The number of aliphatic hydroxyl groups excluding tert-OH is 1. The van der Waals surface area contributed by atoms with Crippen molar-refractivity contribution in [1.29, 1.82) is 0 Å². The molecule has 12 atom stereocenters. The summed E-state index contributed by atoms with van der Waals surface area (Å²) in [7, 11) is 0. The molecule has 31 nitrogen and oxygen atoms in total. The van der Waals surface area contributed by atoms with Gasteiger partial charge in [0.05, 0.1) is 57.1 Å². The molecule has 33 heteroatoms. The first kappa shape index (κ1) is 67.2. The van der Waals surface area contributed by atoms with Crippen LogP contribution < -0.4 is 53.0 Å². The van der Waals surface area contributed by atoms with Gasteiger partial charge in [-0.15, -0.1) is 0 Å². The molecule has 1 aromatic heterocycles. The van der Waals surface area contributed by atoms with E-state index in [1.165, 1.54) is 37.3 Å². The van der Waals surface area contributed by atoms with Crippen molar-refractivity contribution in [3.8, 4) is 11.5 Å². The van der Waals surface area contributed by atoms with Crippen molar-refractivity contribution in [3.63, 3.8) is 0 Å². The van der Waals surface area contributed by atoms with Crippen molar-refractivity contribution in [1.82, 2.24) is 57.3 Å². The number of rotatable bonds is 17. The number of aliphatic hydroxyl groups is 1. The average Bonchev–Trinajstić information content (AvgIpc) is 1.78. The van der Waals surface area contributed by atoms with Crippen LogP contribution in [0.5, 0.6) is 11.5 Å². The fraction of sp³-hybridized carbons (Fsp3) is 0.509.